The third-order valence-corrected chi connectivity index (χ3v) is 3.21. The predicted octanol–water partition coefficient (Wildman–Crippen LogP) is 1.54. The summed E-state index contributed by atoms with van der Waals surface area (Å²) < 4.78 is 0. The standard InChI is InChI=1S/C13H21N5/c1-15-13(17-14)16-11-5-7-12(8-6-11)18-9-3-2-4-10-18/h5-8H,2-4,9-10,14H2,1H3,(H2,15,16,17). The zero-order chi connectivity index (χ0) is 12.8. The molecule has 1 aliphatic heterocycles. The second-order valence-electron chi connectivity index (χ2n) is 4.44. The van der Waals surface area contributed by atoms with Gasteiger partial charge in [0.2, 0.25) is 5.96 Å². The van der Waals surface area contributed by atoms with Gasteiger partial charge in [-0.15, -0.1) is 0 Å². The lowest BCUT2D eigenvalue weighted by molar-refractivity contribution is 0.578. The highest BCUT2D eigenvalue weighted by Gasteiger charge is 2.10. The molecule has 1 aromatic rings. The van der Waals surface area contributed by atoms with Gasteiger partial charge >= 0.3 is 0 Å². The number of nitrogens with zero attached hydrogens (tertiary/aromatic N) is 2. The minimum absolute atomic E-state index is 0.556. The first-order chi connectivity index (χ1) is 8.83. The van der Waals surface area contributed by atoms with Crippen molar-refractivity contribution in [3.05, 3.63) is 24.3 Å². The van der Waals surface area contributed by atoms with Gasteiger partial charge in [-0.1, -0.05) is 0 Å². The summed E-state index contributed by atoms with van der Waals surface area (Å²) in [6.45, 7) is 2.33. The van der Waals surface area contributed by atoms with E-state index in [0.29, 0.717) is 5.96 Å². The summed E-state index contributed by atoms with van der Waals surface area (Å²) in [6.07, 6.45) is 3.95. The van der Waals surface area contributed by atoms with Crippen molar-refractivity contribution in [2.75, 3.05) is 30.4 Å². The molecule has 2 rings (SSSR count). The molecule has 18 heavy (non-hydrogen) atoms. The van der Waals surface area contributed by atoms with E-state index < -0.39 is 0 Å². The van der Waals surface area contributed by atoms with Crippen LogP contribution >= 0.6 is 0 Å². The number of nitrogens with two attached hydrogens (primary N) is 1. The van der Waals surface area contributed by atoms with Gasteiger partial charge in [-0.05, 0) is 43.5 Å². The average Bonchev–Trinajstić information content (AvgIpc) is 2.46. The van der Waals surface area contributed by atoms with Crippen molar-refractivity contribution in [1.29, 1.82) is 0 Å². The smallest absolute Gasteiger partial charge is 0.209 e. The Morgan fingerprint density at radius 1 is 1.17 bits per heavy atom. The molecular formula is C13H21N5. The summed E-state index contributed by atoms with van der Waals surface area (Å²) >= 11 is 0. The van der Waals surface area contributed by atoms with Crippen LogP contribution in [0.3, 0.4) is 0 Å². The minimum atomic E-state index is 0.556. The van der Waals surface area contributed by atoms with Crippen molar-refractivity contribution >= 4 is 17.3 Å². The van der Waals surface area contributed by atoms with Crippen LogP contribution in [0, 0.1) is 0 Å². The Morgan fingerprint density at radius 2 is 1.83 bits per heavy atom. The molecule has 0 spiro atoms. The van der Waals surface area contributed by atoms with Crippen molar-refractivity contribution in [2.45, 2.75) is 19.3 Å². The molecule has 0 radical (unpaired) electrons. The van der Waals surface area contributed by atoms with Crippen LogP contribution in [-0.4, -0.2) is 26.1 Å². The van der Waals surface area contributed by atoms with Crippen LogP contribution in [0.15, 0.2) is 29.3 Å². The Kier molecular flexibility index (Phi) is 4.41. The Hall–Kier alpha value is -1.75. The molecule has 0 aromatic heterocycles. The fourth-order valence-electron chi connectivity index (χ4n) is 2.20. The second-order valence-corrected chi connectivity index (χ2v) is 4.44. The number of hydrazine groups is 1. The monoisotopic (exact) mass is 247 g/mol. The number of piperidine rings is 1. The Labute approximate surface area is 108 Å². The molecule has 98 valence electrons. The third-order valence-electron chi connectivity index (χ3n) is 3.21. The van der Waals surface area contributed by atoms with E-state index in [2.05, 4.69) is 32.8 Å². The maximum absolute atomic E-state index is 5.33. The largest absolute Gasteiger partial charge is 0.372 e. The summed E-state index contributed by atoms with van der Waals surface area (Å²) in [6, 6.07) is 8.37. The molecule has 1 fully saturated rings. The molecule has 5 nitrogen and oxygen atoms in total. The summed E-state index contributed by atoms with van der Waals surface area (Å²) in [5, 5.41) is 3.10. The van der Waals surface area contributed by atoms with Gasteiger partial charge in [-0.25, -0.2) is 5.84 Å². The lowest BCUT2D eigenvalue weighted by Gasteiger charge is -2.28. The molecule has 4 N–H and O–H groups in total. The number of hydrogen-bond donors (Lipinski definition) is 3. The van der Waals surface area contributed by atoms with Gasteiger partial charge in [0, 0.05) is 31.5 Å². The molecule has 5 heteroatoms. The van der Waals surface area contributed by atoms with Gasteiger partial charge in [-0.2, -0.15) is 0 Å². The fraction of sp³-hybridized carbons (Fsp3) is 0.462. The van der Waals surface area contributed by atoms with Crippen molar-refractivity contribution in [2.24, 2.45) is 10.8 Å². The summed E-state index contributed by atoms with van der Waals surface area (Å²) in [7, 11) is 1.68. The fourth-order valence-corrected chi connectivity index (χ4v) is 2.20. The van der Waals surface area contributed by atoms with Crippen molar-refractivity contribution in [3.63, 3.8) is 0 Å². The number of aliphatic imine (C=N–C) groups is 1. The molecule has 0 saturated carbocycles. The van der Waals surface area contributed by atoms with Gasteiger partial charge in [0.25, 0.3) is 0 Å². The van der Waals surface area contributed by atoms with Crippen LogP contribution in [0.5, 0.6) is 0 Å². The summed E-state index contributed by atoms with van der Waals surface area (Å²) in [5.41, 5.74) is 4.78. The maximum Gasteiger partial charge on any atom is 0.209 e. The number of hydrogen-bond acceptors (Lipinski definition) is 3. The van der Waals surface area contributed by atoms with E-state index in [4.69, 9.17) is 5.84 Å². The van der Waals surface area contributed by atoms with Crippen molar-refractivity contribution in [3.8, 4) is 0 Å². The van der Waals surface area contributed by atoms with E-state index in [0.717, 1.165) is 5.69 Å². The zero-order valence-electron chi connectivity index (χ0n) is 10.8. The van der Waals surface area contributed by atoms with Crippen LogP contribution in [0.4, 0.5) is 11.4 Å². The molecule has 0 amide bonds. The molecule has 0 bridgehead atoms. The maximum atomic E-state index is 5.33. The Morgan fingerprint density at radius 3 is 2.39 bits per heavy atom. The normalized spacial score (nSPS) is 16.6. The van der Waals surface area contributed by atoms with Gasteiger partial charge in [-0.3, -0.25) is 10.4 Å². The first-order valence-corrected chi connectivity index (χ1v) is 6.39. The highest BCUT2D eigenvalue weighted by atomic mass is 15.3. The van der Waals surface area contributed by atoms with Gasteiger partial charge in [0.1, 0.15) is 0 Å². The number of rotatable bonds is 2. The quantitative estimate of drug-likeness (QED) is 0.321. The van der Waals surface area contributed by atoms with Gasteiger partial charge in [0.05, 0.1) is 0 Å². The van der Waals surface area contributed by atoms with E-state index in [9.17, 15) is 0 Å². The lowest BCUT2D eigenvalue weighted by Crippen LogP contribution is -2.36. The van der Waals surface area contributed by atoms with E-state index >= 15 is 0 Å². The van der Waals surface area contributed by atoms with E-state index in [-0.39, 0.29) is 0 Å². The molecular weight excluding hydrogens is 226 g/mol. The molecule has 1 heterocycles. The topological polar surface area (TPSA) is 65.7 Å². The molecule has 0 atom stereocenters. The molecule has 0 unspecified atom stereocenters. The molecule has 0 aliphatic carbocycles. The number of anilines is 2. The number of nitrogens with one attached hydrogen (secondary N) is 2. The lowest BCUT2D eigenvalue weighted by atomic mass is 10.1. The summed E-state index contributed by atoms with van der Waals surface area (Å²) in [5.74, 6) is 5.88. The van der Waals surface area contributed by atoms with Crippen LogP contribution in [0.1, 0.15) is 19.3 Å². The third kappa shape index (κ3) is 3.13. The van der Waals surface area contributed by atoms with E-state index in [1.807, 2.05) is 12.1 Å². The van der Waals surface area contributed by atoms with Gasteiger partial charge < -0.3 is 10.2 Å². The van der Waals surface area contributed by atoms with Crippen LogP contribution in [0.25, 0.3) is 0 Å². The predicted molar refractivity (Wildman–Crippen MR) is 76.8 cm³/mol. The van der Waals surface area contributed by atoms with Crippen LogP contribution in [-0.2, 0) is 0 Å². The Balaban J connectivity index is 2.00. The minimum Gasteiger partial charge on any atom is -0.372 e. The highest BCUT2D eigenvalue weighted by molar-refractivity contribution is 5.93. The van der Waals surface area contributed by atoms with Crippen LogP contribution < -0.4 is 21.5 Å². The van der Waals surface area contributed by atoms with Crippen LogP contribution in [0.2, 0.25) is 0 Å². The first-order valence-electron chi connectivity index (χ1n) is 6.39. The Bertz CT molecular complexity index is 392. The average molecular weight is 247 g/mol. The second kappa shape index (κ2) is 6.26. The van der Waals surface area contributed by atoms with Gasteiger partial charge in [0.15, 0.2) is 0 Å². The highest BCUT2D eigenvalue weighted by Crippen LogP contribution is 2.21. The summed E-state index contributed by atoms with van der Waals surface area (Å²) in [4.78, 5) is 6.41. The molecule has 1 aliphatic rings. The molecule has 1 saturated heterocycles. The van der Waals surface area contributed by atoms with E-state index in [1.54, 1.807) is 7.05 Å². The zero-order valence-corrected chi connectivity index (χ0v) is 10.8. The van der Waals surface area contributed by atoms with Crippen molar-refractivity contribution < 1.29 is 0 Å². The van der Waals surface area contributed by atoms with Crippen molar-refractivity contribution in [1.82, 2.24) is 5.43 Å². The number of benzene rings is 1. The molecule has 1 aromatic carbocycles. The first kappa shape index (κ1) is 12.7. The number of guanidine groups is 1. The SMILES string of the molecule is CN=C(NN)Nc1ccc(N2CCCCC2)cc1. The van der Waals surface area contributed by atoms with E-state index in [1.165, 1.54) is 38.0 Å².